The van der Waals surface area contributed by atoms with Gasteiger partial charge in [-0.2, -0.15) is 0 Å². The van der Waals surface area contributed by atoms with Gasteiger partial charge in [0.15, 0.2) is 0 Å². The number of esters is 2. The highest BCUT2D eigenvalue weighted by Gasteiger charge is 2.45. The zero-order chi connectivity index (χ0) is 20.3. The number of rotatable bonds is 6. The largest absolute Gasteiger partial charge is 0.462 e. The predicted octanol–water partition coefficient (Wildman–Crippen LogP) is 5.08. The smallest absolute Gasteiger partial charge is 0.330 e. The number of carbonyl (C=O) groups excluding carboxylic acids is 2. The highest BCUT2D eigenvalue weighted by molar-refractivity contribution is 5.82. The van der Waals surface area contributed by atoms with E-state index in [4.69, 9.17) is 9.47 Å². The molecule has 0 aromatic heterocycles. The highest BCUT2D eigenvalue weighted by Crippen LogP contribution is 2.48. The van der Waals surface area contributed by atoms with Crippen molar-refractivity contribution in [3.05, 3.63) is 24.3 Å². The second-order valence-corrected chi connectivity index (χ2v) is 9.28. The van der Waals surface area contributed by atoms with Crippen LogP contribution in [0.4, 0.5) is 0 Å². The molecule has 8 atom stereocenters. The molecule has 0 bridgehead atoms. The molecule has 1 aliphatic heterocycles. The Bertz CT molecular complexity index is 622. The predicted molar refractivity (Wildman–Crippen MR) is 109 cm³/mol. The zero-order valence-electron chi connectivity index (χ0n) is 17.8. The molecule has 0 spiro atoms. The number of carbonyl (C=O) groups is 2. The molecule has 0 unspecified atom stereocenters. The van der Waals surface area contributed by atoms with Crippen molar-refractivity contribution in [1.82, 2.24) is 0 Å². The summed E-state index contributed by atoms with van der Waals surface area (Å²) in [6.07, 6.45) is 13.8. The lowest BCUT2D eigenvalue weighted by Gasteiger charge is -2.47. The highest BCUT2D eigenvalue weighted by atomic mass is 16.5. The van der Waals surface area contributed by atoms with Gasteiger partial charge in [-0.3, -0.25) is 4.79 Å². The maximum absolute atomic E-state index is 12.5. The van der Waals surface area contributed by atoms with E-state index in [0.29, 0.717) is 29.6 Å². The average Bonchev–Trinajstić information content (AvgIpc) is 2.66. The molecule has 0 aromatic rings. The Morgan fingerprint density at radius 2 is 2.04 bits per heavy atom. The van der Waals surface area contributed by atoms with E-state index in [1.54, 1.807) is 0 Å². The van der Waals surface area contributed by atoms with Crippen LogP contribution in [0, 0.1) is 35.5 Å². The van der Waals surface area contributed by atoms with Crippen LogP contribution in [0.2, 0.25) is 0 Å². The maximum Gasteiger partial charge on any atom is 0.330 e. The molecule has 3 rings (SSSR count). The Hall–Kier alpha value is -1.58. The van der Waals surface area contributed by atoms with Crippen LogP contribution in [0.25, 0.3) is 0 Å². The molecule has 2 aliphatic carbocycles. The molecule has 1 saturated carbocycles. The summed E-state index contributed by atoms with van der Waals surface area (Å²) in [6, 6.07) is 0. The normalized spacial score (nSPS) is 38.4. The minimum atomic E-state index is -0.224. The summed E-state index contributed by atoms with van der Waals surface area (Å²) in [5.41, 5.74) is 0. The first kappa shape index (κ1) is 21.1. The molecule has 28 heavy (non-hydrogen) atoms. The van der Waals surface area contributed by atoms with Gasteiger partial charge in [0.1, 0.15) is 12.2 Å². The van der Waals surface area contributed by atoms with E-state index < -0.39 is 0 Å². The quantitative estimate of drug-likeness (QED) is 0.470. The molecule has 156 valence electrons. The molecular formula is C24H36O4. The SMILES string of the molecule is CC[C@H](C)C(=O)O[C@H]1C[C@@H](C)C[C@@H]2C=C[C@H](C)[C@H](CC[C@@H]3CC=CC(=O)O3)[C@@H]12. The number of fused-ring (bicyclic) bond motifs is 1. The van der Waals surface area contributed by atoms with Gasteiger partial charge in [0.25, 0.3) is 0 Å². The van der Waals surface area contributed by atoms with Crippen molar-refractivity contribution in [2.45, 2.75) is 78.4 Å². The fraction of sp³-hybridized carbons (Fsp3) is 0.750. The van der Waals surface area contributed by atoms with Gasteiger partial charge in [-0.05, 0) is 55.8 Å². The fourth-order valence-electron chi connectivity index (χ4n) is 5.30. The van der Waals surface area contributed by atoms with Crippen molar-refractivity contribution in [1.29, 1.82) is 0 Å². The minimum absolute atomic E-state index is 0.00134. The molecule has 0 N–H and O–H groups in total. The molecule has 1 fully saturated rings. The third-order valence-electron chi connectivity index (χ3n) is 7.10. The van der Waals surface area contributed by atoms with Crippen LogP contribution in [0.15, 0.2) is 24.3 Å². The molecule has 4 nitrogen and oxygen atoms in total. The molecule has 3 aliphatic rings. The summed E-state index contributed by atoms with van der Waals surface area (Å²) < 4.78 is 11.6. The van der Waals surface area contributed by atoms with Crippen molar-refractivity contribution >= 4 is 11.9 Å². The van der Waals surface area contributed by atoms with Crippen molar-refractivity contribution in [3.63, 3.8) is 0 Å². The number of cyclic esters (lactones) is 1. The molecule has 0 amide bonds. The lowest BCUT2D eigenvalue weighted by molar-refractivity contribution is -0.164. The first-order valence-electron chi connectivity index (χ1n) is 11.1. The third kappa shape index (κ3) is 4.87. The van der Waals surface area contributed by atoms with Gasteiger partial charge < -0.3 is 9.47 Å². The van der Waals surface area contributed by atoms with Crippen LogP contribution in [0.3, 0.4) is 0 Å². The molecule has 0 aromatic carbocycles. The van der Waals surface area contributed by atoms with E-state index in [0.717, 1.165) is 32.1 Å². The summed E-state index contributed by atoms with van der Waals surface area (Å²) in [4.78, 5) is 24.1. The zero-order valence-corrected chi connectivity index (χ0v) is 17.8. The van der Waals surface area contributed by atoms with Crippen LogP contribution in [-0.2, 0) is 19.1 Å². The van der Waals surface area contributed by atoms with Crippen LogP contribution in [-0.4, -0.2) is 24.1 Å². The minimum Gasteiger partial charge on any atom is -0.462 e. The molecule has 0 radical (unpaired) electrons. The molecule has 4 heteroatoms. The van der Waals surface area contributed by atoms with Gasteiger partial charge in [-0.15, -0.1) is 0 Å². The Labute approximate surface area is 169 Å². The summed E-state index contributed by atoms with van der Waals surface area (Å²) in [7, 11) is 0. The first-order valence-corrected chi connectivity index (χ1v) is 11.1. The topological polar surface area (TPSA) is 52.6 Å². The Morgan fingerprint density at radius 3 is 2.75 bits per heavy atom. The number of allylic oxidation sites excluding steroid dienone is 2. The molecule has 0 saturated heterocycles. The second-order valence-electron chi connectivity index (χ2n) is 9.28. The monoisotopic (exact) mass is 388 g/mol. The van der Waals surface area contributed by atoms with Crippen molar-refractivity contribution in [2.24, 2.45) is 35.5 Å². The number of ether oxygens (including phenoxy) is 2. The summed E-state index contributed by atoms with van der Waals surface area (Å²) in [5, 5.41) is 0. The first-order chi connectivity index (χ1) is 13.4. The van der Waals surface area contributed by atoms with Gasteiger partial charge in [-0.25, -0.2) is 4.79 Å². The Morgan fingerprint density at radius 1 is 1.25 bits per heavy atom. The van der Waals surface area contributed by atoms with Crippen molar-refractivity contribution < 1.29 is 19.1 Å². The summed E-state index contributed by atoms with van der Waals surface area (Å²) >= 11 is 0. The second kappa shape index (κ2) is 9.28. The van der Waals surface area contributed by atoms with Crippen LogP contribution < -0.4 is 0 Å². The summed E-state index contributed by atoms with van der Waals surface area (Å²) in [5.74, 6) is 2.02. The van der Waals surface area contributed by atoms with Gasteiger partial charge in [0, 0.05) is 18.4 Å². The number of hydrogen-bond acceptors (Lipinski definition) is 4. The van der Waals surface area contributed by atoms with Crippen molar-refractivity contribution in [3.8, 4) is 0 Å². The third-order valence-corrected chi connectivity index (χ3v) is 7.10. The maximum atomic E-state index is 12.5. The average molecular weight is 389 g/mol. The van der Waals surface area contributed by atoms with Crippen molar-refractivity contribution in [2.75, 3.05) is 0 Å². The van der Waals surface area contributed by atoms with E-state index in [1.807, 2.05) is 19.9 Å². The Balaban J connectivity index is 1.72. The molecular weight excluding hydrogens is 352 g/mol. The molecule has 1 heterocycles. The van der Waals surface area contributed by atoms with Crippen LogP contribution >= 0.6 is 0 Å². The van der Waals surface area contributed by atoms with Gasteiger partial charge in [0.05, 0.1) is 5.92 Å². The summed E-state index contributed by atoms with van der Waals surface area (Å²) in [6.45, 7) is 8.54. The van der Waals surface area contributed by atoms with E-state index >= 15 is 0 Å². The van der Waals surface area contributed by atoms with E-state index in [9.17, 15) is 9.59 Å². The van der Waals surface area contributed by atoms with Crippen LogP contribution in [0.1, 0.15) is 66.2 Å². The van der Waals surface area contributed by atoms with E-state index in [-0.39, 0.29) is 30.1 Å². The van der Waals surface area contributed by atoms with E-state index in [2.05, 4.69) is 26.0 Å². The van der Waals surface area contributed by atoms with Gasteiger partial charge in [0.2, 0.25) is 0 Å². The van der Waals surface area contributed by atoms with Gasteiger partial charge >= 0.3 is 11.9 Å². The lowest BCUT2D eigenvalue weighted by Crippen LogP contribution is -2.46. The standard InChI is InChI=1S/C24H36O4/c1-5-16(3)24(26)28-21-14-15(2)13-18-10-9-17(4)20(23(18)21)12-11-19-7-6-8-22(25)27-19/h6,8-10,15-21,23H,5,7,11-14H2,1-4H3/t15-,16-,17-,18-,19-,20-,21-,23-/m0/s1. The van der Waals surface area contributed by atoms with E-state index in [1.165, 1.54) is 12.5 Å². The van der Waals surface area contributed by atoms with Crippen LogP contribution in [0.5, 0.6) is 0 Å². The lowest BCUT2D eigenvalue weighted by atomic mass is 9.60. The number of hydrogen-bond donors (Lipinski definition) is 0. The van der Waals surface area contributed by atoms with Gasteiger partial charge in [-0.1, -0.05) is 45.9 Å². The fourth-order valence-corrected chi connectivity index (χ4v) is 5.30. The Kier molecular flexibility index (Phi) is 7.00.